The van der Waals surface area contributed by atoms with Crippen molar-refractivity contribution in [3.8, 4) is 17.2 Å². The monoisotopic (exact) mass is 450 g/mol. The van der Waals surface area contributed by atoms with Crippen molar-refractivity contribution in [3.05, 3.63) is 72.1 Å². The van der Waals surface area contributed by atoms with Crippen LogP contribution in [0.15, 0.2) is 60.9 Å². The summed E-state index contributed by atoms with van der Waals surface area (Å²) >= 11 is 0. The number of nitrogens with zero attached hydrogens (tertiary/aromatic N) is 2. The maximum atomic E-state index is 12.9. The molecule has 0 aliphatic heterocycles. The molecule has 1 N–H and O–H groups in total. The first-order valence-electron chi connectivity index (χ1n) is 9.28. The van der Waals surface area contributed by atoms with Crippen molar-refractivity contribution in [2.45, 2.75) is 26.7 Å². The molecule has 1 heterocycles. The van der Waals surface area contributed by atoms with E-state index in [2.05, 4.69) is 14.5 Å². The molecule has 0 saturated heterocycles. The minimum atomic E-state index is -3.27. The molecule has 0 aliphatic rings. The van der Waals surface area contributed by atoms with Crippen molar-refractivity contribution in [1.29, 1.82) is 0 Å². The summed E-state index contributed by atoms with van der Waals surface area (Å²) in [4.78, 5) is 17.3. The number of hydrogen-bond acceptors (Lipinski definition) is 6. The fraction of sp³-hybridized carbons (Fsp3) is 0.182. The minimum Gasteiger partial charge on any atom is -0.507 e. The molecule has 168 valence electrons. The molecule has 0 aliphatic carbocycles. The van der Waals surface area contributed by atoms with E-state index in [-0.39, 0.29) is 29.3 Å². The van der Waals surface area contributed by atoms with Gasteiger partial charge in [0, 0.05) is 42.4 Å². The third-order valence-electron chi connectivity index (χ3n) is 4.41. The van der Waals surface area contributed by atoms with Crippen molar-refractivity contribution in [2.24, 2.45) is 0 Å². The average molecular weight is 450 g/mol. The Morgan fingerprint density at radius 1 is 1.00 bits per heavy atom. The molecule has 2 aromatic carbocycles. The first-order valence-corrected chi connectivity index (χ1v) is 9.28. The lowest BCUT2D eigenvalue weighted by Crippen LogP contribution is -2.17. The second-order valence-corrected chi connectivity index (χ2v) is 6.59. The SMILES string of the molecule is CC(=O)c1ccc(N(Cc2cccnc2)c2ccc(OC(F)F)c(OC(F)F)c2)cc1O. The molecular weight excluding hydrogens is 432 g/mol. The van der Waals surface area contributed by atoms with Gasteiger partial charge in [-0.05, 0) is 42.8 Å². The van der Waals surface area contributed by atoms with Crippen molar-refractivity contribution in [3.63, 3.8) is 0 Å². The van der Waals surface area contributed by atoms with E-state index >= 15 is 0 Å². The van der Waals surface area contributed by atoms with E-state index in [0.717, 1.165) is 17.7 Å². The van der Waals surface area contributed by atoms with E-state index in [0.29, 0.717) is 5.69 Å². The van der Waals surface area contributed by atoms with Gasteiger partial charge >= 0.3 is 13.2 Å². The van der Waals surface area contributed by atoms with Gasteiger partial charge in [0.1, 0.15) is 5.75 Å². The standard InChI is InChI=1S/C22H18F4N2O4/c1-13(29)17-6-4-15(9-18(17)30)28(12-14-3-2-8-27-11-14)16-5-7-19(31-21(23)24)20(10-16)32-22(25)26/h2-11,21-22,30H,12H2,1H3. The molecular formula is C22H18F4N2O4. The van der Waals surface area contributed by atoms with E-state index in [4.69, 9.17) is 0 Å². The summed E-state index contributed by atoms with van der Waals surface area (Å²) in [7, 11) is 0. The topological polar surface area (TPSA) is 71.9 Å². The van der Waals surface area contributed by atoms with Crippen LogP contribution in [0.25, 0.3) is 0 Å². The van der Waals surface area contributed by atoms with Crippen molar-refractivity contribution in [2.75, 3.05) is 4.90 Å². The van der Waals surface area contributed by atoms with Gasteiger partial charge in [0.15, 0.2) is 17.3 Å². The van der Waals surface area contributed by atoms with Gasteiger partial charge in [-0.1, -0.05) is 6.07 Å². The van der Waals surface area contributed by atoms with Crippen LogP contribution in [0.3, 0.4) is 0 Å². The number of aromatic hydroxyl groups is 1. The van der Waals surface area contributed by atoms with E-state index in [1.807, 2.05) is 0 Å². The molecule has 6 nitrogen and oxygen atoms in total. The second-order valence-electron chi connectivity index (χ2n) is 6.59. The van der Waals surface area contributed by atoms with Gasteiger partial charge in [-0.15, -0.1) is 0 Å². The molecule has 3 aromatic rings. The third-order valence-corrected chi connectivity index (χ3v) is 4.41. The Bertz CT molecular complexity index is 1080. The molecule has 0 spiro atoms. The number of carbonyl (C=O) groups is 1. The molecule has 0 atom stereocenters. The lowest BCUT2D eigenvalue weighted by Gasteiger charge is -2.26. The highest BCUT2D eigenvalue weighted by Crippen LogP contribution is 2.38. The number of phenols is 1. The summed E-state index contributed by atoms with van der Waals surface area (Å²) in [6.45, 7) is -5.02. The molecule has 0 bridgehead atoms. The van der Waals surface area contributed by atoms with Crippen LogP contribution in [0.1, 0.15) is 22.8 Å². The Hall–Kier alpha value is -3.82. The van der Waals surface area contributed by atoms with Gasteiger partial charge in [0.25, 0.3) is 0 Å². The largest absolute Gasteiger partial charge is 0.507 e. The number of anilines is 2. The molecule has 3 rings (SSSR count). The number of benzene rings is 2. The summed E-state index contributed by atoms with van der Waals surface area (Å²) in [5, 5.41) is 10.3. The number of pyridine rings is 1. The van der Waals surface area contributed by atoms with Gasteiger partial charge in [-0.25, -0.2) is 0 Å². The lowest BCUT2D eigenvalue weighted by molar-refractivity contribution is -0.0692. The zero-order valence-corrected chi connectivity index (χ0v) is 16.7. The lowest BCUT2D eigenvalue weighted by atomic mass is 10.1. The normalized spacial score (nSPS) is 11.0. The van der Waals surface area contributed by atoms with Crippen molar-refractivity contribution in [1.82, 2.24) is 4.98 Å². The Morgan fingerprint density at radius 3 is 2.25 bits per heavy atom. The predicted molar refractivity (Wildman–Crippen MR) is 108 cm³/mol. The fourth-order valence-electron chi connectivity index (χ4n) is 3.04. The molecule has 10 heteroatoms. The molecule has 0 fully saturated rings. The molecule has 0 amide bonds. The maximum absolute atomic E-state index is 12.9. The molecule has 32 heavy (non-hydrogen) atoms. The van der Waals surface area contributed by atoms with Crippen molar-refractivity contribution >= 4 is 17.2 Å². The van der Waals surface area contributed by atoms with E-state index in [1.54, 1.807) is 35.5 Å². The van der Waals surface area contributed by atoms with Crippen LogP contribution >= 0.6 is 0 Å². The smallest absolute Gasteiger partial charge is 0.387 e. The molecule has 0 radical (unpaired) electrons. The number of aromatic nitrogens is 1. The van der Waals surface area contributed by atoms with Gasteiger partial charge in [0.05, 0.1) is 5.56 Å². The Morgan fingerprint density at radius 2 is 1.66 bits per heavy atom. The van der Waals surface area contributed by atoms with E-state index in [1.165, 1.54) is 25.1 Å². The number of Topliss-reactive ketones (excluding diaryl/α,β-unsaturated/α-hetero) is 1. The van der Waals surface area contributed by atoms with Crippen molar-refractivity contribution < 1.29 is 36.9 Å². The van der Waals surface area contributed by atoms with Crippen LogP contribution in [-0.4, -0.2) is 29.1 Å². The van der Waals surface area contributed by atoms with Crippen LogP contribution in [0, 0.1) is 0 Å². The number of ether oxygens (including phenoxy) is 2. The summed E-state index contributed by atoms with van der Waals surface area (Å²) in [6, 6.07) is 11.4. The van der Waals surface area contributed by atoms with Gasteiger partial charge < -0.3 is 19.5 Å². The number of hydrogen-bond donors (Lipinski definition) is 1. The summed E-state index contributed by atoms with van der Waals surface area (Å²) < 4.78 is 59.7. The number of alkyl halides is 4. The number of rotatable bonds is 9. The van der Waals surface area contributed by atoms with Gasteiger partial charge in [-0.3, -0.25) is 9.78 Å². The summed E-state index contributed by atoms with van der Waals surface area (Å²) in [5.41, 5.74) is 1.52. The molecule has 1 aromatic heterocycles. The minimum absolute atomic E-state index is 0.109. The highest BCUT2D eigenvalue weighted by molar-refractivity contribution is 5.97. The quantitative estimate of drug-likeness (QED) is 0.341. The zero-order valence-electron chi connectivity index (χ0n) is 16.7. The highest BCUT2D eigenvalue weighted by atomic mass is 19.3. The number of ketones is 1. The van der Waals surface area contributed by atoms with Crippen LogP contribution < -0.4 is 14.4 Å². The fourth-order valence-corrected chi connectivity index (χ4v) is 3.04. The van der Waals surface area contributed by atoms with Crippen LogP contribution in [-0.2, 0) is 6.54 Å². The van der Waals surface area contributed by atoms with Gasteiger partial charge in [0.2, 0.25) is 0 Å². The summed E-state index contributed by atoms with van der Waals surface area (Å²) in [6.07, 6.45) is 3.16. The van der Waals surface area contributed by atoms with Crippen LogP contribution in [0.5, 0.6) is 17.2 Å². The third kappa shape index (κ3) is 5.65. The van der Waals surface area contributed by atoms with Gasteiger partial charge in [-0.2, -0.15) is 17.6 Å². The Labute approximate surface area is 180 Å². The van der Waals surface area contributed by atoms with E-state index < -0.39 is 24.7 Å². The number of halogens is 4. The summed E-state index contributed by atoms with van der Waals surface area (Å²) in [5.74, 6) is -1.75. The zero-order chi connectivity index (χ0) is 23.3. The average Bonchev–Trinajstić information content (AvgIpc) is 2.73. The first-order chi connectivity index (χ1) is 15.2. The number of phenolic OH excluding ortho intramolecular Hbond substituents is 1. The number of carbonyl (C=O) groups excluding carboxylic acids is 1. The van der Waals surface area contributed by atoms with Crippen LogP contribution in [0.4, 0.5) is 28.9 Å². The Kier molecular flexibility index (Phi) is 7.14. The molecule has 0 unspecified atom stereocenters. The maximum Gasteiger partial charge on any atom is 0.387 e. The van der Waals surface area contributed by atoms with Crippen LogP contribution in [0.2, 0.25) is 0 Å². The van der Waals surface area contributed by atoms with E-state index in [9.17, 15) is 27.5 Å². The molecule has 0 saturated carbocycles. The Balaban J connectivity index is 2.08. The second kappa shape index (κ2) is 9.99. The predicted octanol–water partition coefficient (Wildman–Crippen LogP) is 5.53. The first kappa shape index (κ1) is 22.9. The highest BCUT2D eigenvalue weighted by Gasteiger charge is 2.20.